The van der Waals surface area contributed by atoms with Crippen LogP contribution in [0.2, 0.25) is 0 Å². The molecule has 2 saturated heterocycles. The fraction of sp³-hybridized carbons (Fsp3) is 0.516. The second kappa shape index (κ2) is 11.7. The Kier molecular flexibility index (Phi) is 8.19. The van der Waals surface area contributed by atoms with E-state index in [1.54, 1.807) is 24.3 Å². The first-order chi connectivity index (χ1) is 21.3. The number of carbonyl (C=O) groups excluding carboxylic acids is 1. The van der Waals surface area contributed by atoms with Crippen molar-refractivity contribution in [3.8, 4) is 0 Å². The van der Waals surface area contributed by atoms with Gasteiger partial charge < -0.3 is 14.5 Å². The molecule has 0 N–H and O–H groups in total. The molecule has 0 bridgehead atoms. The molecule has 3 aromatic rings. The molecule has 14 heteroatoms. The Morgan fingerprint density at radius 1 is 1.09 bits per heavy atom. The average Bonchev–Trinajstić information content (AvgIpc) is 3.58. The summed E-state index contributed by atoms with van der Waals surface area (Å²) in [7, 11) is 2.02. The molecule has 45 heavy (non-hydrogen) atoms. The minimum Gasteiger partial charge on any atom is -0.379 e. The summed E-state index contributed by atoms with van der Waals surface area (Å²) in [5.74, 6) is -0.874. The van der Waals surface area contributed by atoms with Crippen LogP contribution in [0.1, 0.15) is 65.0 Å². The third kappa shape index (κ3) is 5.61. The molecule has 0 spiro atoms. The highest BCUT2D eigenvalue weighted by atomic mass is 19.4. The molecule has 6 rings (SSSR count). The van der Waals surface area contributed by atoms with Crippen LogP contribution in [-0.4, -0.2) is 76.4 Å². The maximum atomic E-state index is 15.9. The topological polar surface area (TPSA) is 66.7 Å². The number of likely N-dealkylation sites (N-methyl/N-ethyl adjacent to an activating group) is 1. The van der Waals surface area contributed by atoms with Gasteiger partial charge in [0.05, 0.1) is 30.7 Å². The van der Waals surface area contributed by atoms with Crippen LogP contribution >= 0.6 is 0 Å². The number of amides is 1. The molecular formula is C31H34F6N6O2. The smallest absolute Gasteiger partial charge is 0.379 e. The summed E-state index contributed by atoms with van der Waals surface area (Å²) >= 11 is 0. The third-order valence-electron chi connectivity index (χ3n) is 9.27. The van der Waals surface area contributed by atoms with Gasteiger partial charge >= 0.3 is 12.7 Å². The van der Waals surface area contributed by atoms with E-state index in [-0.39, 0.29) is 55.1 Å². The number of nitrogens with zero attached hydrogens (tertiary/aromatic N) is 6. The largest absolute Gasteiger partial charge is 0.416 e. The number of fused-ring (bicyclic) bond motifs is 1. The first kappa shape index (κ1) is 31.5. The standard InChI is InChI=1S/C31H34F6N6O2/c1-18(2)25-14-40(3)7-8-41(25)12-19-9-22-23(24(10-19)31(35,36)37)13-42(28(22)44)21-6-4-5-20(11-21)30(15-45-16-30)26(32)27-39-38-17-43(27)29(33)34/h4-6,9-11,17-18,25-26,29H,7-8,12-16H2,1-3H3/t25?,26-/m1/s1. The van der Waals surface area contributed by atoms with E-state index in [1.165, 1.54) is 11.0 Å². The van der Waals surface area contributed by atoms with Gasteiger partial charge in [0.1, 0.15) is 6.33 Å². The molecule has 3 aliphatic rings. The van der Waals surface area contributed by atoms with E-state index in [9.17, 15) is 26.7 Å². The number of ether oxygens (including phenoxy) is 1. The van der Waals surface area contributed by atoms with Crippen molar-refractivity contribution in [1.82, 2.24) is 24.6 Å². The Hall–Kier alpha value is -3.49. The number of anilines is 1. The van der Waals surface area contributed by atoms with Gasteiger partial charge in [0.15, 0.2) is 12.0 Å². The van der Waals surface area contributed by atoms with Crippen LogP contribution in [0.4, 0.5) is 32.0 Å². The number of alkyl halides is 6. The van der Waals surface area contributed by atoms with E-state index in [1.807, 2.05) is 7.05 Å². The number of aromatic nitrogens is 3. The molecule has 1 amide bonds. The third-order valence-corrected chi connectivity index (χ3v) is 9.27. The SMILES string of the molecule is CC(C)C1CN(C)CCN1Cc1cc2c(c(C(F)(F)F)c1)CN(c1cccc(C3([C@H](F)c4nncn4C(F)F)COC3)c1)C2=O. The van der Waals surface area contributed by atoms with Gasteiger partial charge in [-0.25, -0.2) is 4.39 Å². The predicted octanol–water partition coefficient (Wildman–Crippen LogP) is 5.60. The van der Waals surface area contributed by atoms with Crippen LogP contribution in [0.3, 0.4) is 0 Å². The van der Waals surface area contributed by atoms with Gasteiger partial charge in [0, 0.05) is 43.5 Å². The number of halogens is 6. The van der Waals surface area contributed by atoms with Gasteiger partial charge in [-0.1, -0.05) is 26.0 Å². The van der Waals surface area contributed by atoms with Crippen molar-refractivity contribution in [1.29, 1.82) is 0 Å². The Balaban J connectivity index is 1.32. The van der Waals surface area contributed by atoms with Gasteiger partial charge in [-0.2, -0.15) is 22.0 Å². The zero-order valence-corrected chi connectivity index (χ0v) is 25.1. The van der Waals surface area contributed by atoms with Crippen molar-refractivity contribution in [3.05, 3.63) is 76.4 Å². The Morgan fingerprint density at radius 2 is 1.84 bits per heavy atom. The van der Waals surface area contributed by atoms with Crippen LogP contribution in [0.25, 0.3) is 0 Å². The number of hydrogen-bond acceptors (Lipinski definition) is 6. The second-order valence-corrected chi connectivity index (χ2v) is 12.5. The molecule has 2 atom stereocenters. The molecule has 0 radical (unpaired) electrons. The van der Waals surface area contributed by atoms with E-state index in [2.05, 4.69) is 33.8 Å². The van der Waals surface area contributed by atoms with Crippen molar-refractivity contribution < 1.29 is 35.9 Å². The lowest BCUT2D eigenvalue weighted by Gasteiger charge is -2.44. The first-order valence-electron chi connectivity index (χ1n) is 14.8. The zero-order chi connectivity index (χ0) is 32.3. The molecule has 2 fully saturated rings. The molecule has 3 aliphatic heterocycles. The quantitative estimate of drug-likeness (QED) is 0.300. The van der Waals surface area contributed by atoms with E-state index in [4.69, 9.17) is 4.74 Å². The summed E-state index contributed by atoms with van der Waals surface area (Å²) in [6.07, 6.45) is -5.96. The fourth-order valence-electron chi connectivity index (χ4n) is 6.67. The molecule has 1 unspecified atom stereocenters. The van der Waals surface area contributed by atoms with Gasteiger partial charge in [-0.3, -0.25) is 14.3 Å². The molecule has 2 aromatic carbocycles. The van der Waals surface area contributed by atoms with Crippen molar-refractivity contribution in [2.24, 2.45) is 5.92 Å². The summed E-state index contributed by atoms with van der Waals surface area (Å²) < 4.78 is 91.8. The molecule has 1 aromatic heterocycles. The number of carbonyl (C=O) groups is 1. The van der Waals surface area contributed by atoms with Gasteiger partial charge in [-0.05, 0) is 53.9 Å². The maximum absolute atomic E-state index is 15.9. The maximum Gasteiger partial charge on any atom is 0.416 e. The predicted molar refractivity (Wildman–Crippen MR) is 153 cm³/mol. The highest BCUT2D eigenvalue weighted by Crippen LogP contribution is 2.47. The van der Waals surface area contributed by atoms with E-state index in [0.29, 0.717) is 22.2 Å². The molecule has 242 valence electrons. The first-order valence-corrected chi connectivity index (χ1v) is 14.8. The Bertz CT molecular complexity index is 1570. The van der Waals surface area contributed by atoms with Crippen LogP contribution in [0.5, 0.6) is 0 Å². The van der Waals surface area contributed by atoms with Crippen molar-refractivity contribution in [2.45, 2.75) is 57.3 Å². The number of piperazine rings is 1. The summed E-state index contributed by atoms with van der Waals surface area (Å²) in [6.45, 7) is 3.06. The summed E-state index contributed by atoms with van der Waals surface area (Å²) in [5.41, 5.74) is -1.36. The van der Waals surface area contributed by atoms with Gasteiger partial charge in [0.25, 0.3) is 5.91 Å². The molecule has 0 aliphatic carbocycles. The highest BCUT2D eigenvalue weighted by Gasteiger charge is 2.51. The lowest BCUT2D eigenvalue weighted by atomic mass is 9.74. The van der Waals surface area contributed by atoms with Gasteiger partial charge in [0.2, 0.25) is 0 Å². The Labute approximate surface area is 256 Å². The van der Waals surface area contributed by atoms with Crippen molar-refractivity contribution in [2.75, 3.05) is 44.8 Å². The summed E-state index contributed by atoms with van der Waals surface area (Å²) in [4.78, 5) is 19.4. The zero-order valence-electron chi connectivity index (χ0n) is 25.1. The van der Waals surface area contributed by atoms with Crippen LogP contribution in [-0.2, 0) is 29.4 Å². The number of benzene rings is 2. The molecule has 8 nitrogen and oxygen atoms in total. The lowest BCUT2D eigenvalue weighted by molar-refractivity contribution is -0.138. The number of rotatable bonds is 8. The monoisotopic (exact) mass is 636 g/mol. The fourth-order valence-corrected chi connectivity index (χ4v) is 6.67. The van der Waals surface area contributed by atoms with Crippen LogP contribution in [0, 0.1) is 5.92 Å². The van der Waals surface area contributed by atoms with Crippen molar-refractivity contribution in [3.63, 3.8) is 0 Å². The van der Waals surface area contributed by atoms with E-state index in [0.717, 1.165) is 25.5 Å². The molecular weight excluding hydrogens is 602 g/mol. The van der Waals surface area contributed by atoms with E-state index >= 15 is 4.39 Å². The number of hydrogen-bond donors (Lipinski definition) is 0. The van der Waals surface area contributed by atoms with Crippen LogP contribution < -0.4 is 4.90 Å². The molecule has 4 heterocycles. The second-order valence-electron chi connectivity index (χ2n) is 12.5. The van der Waals surface area contributed by atoms with Crippen molar-refractivity contribution >= 4 is 11.6 Å². The van der Waals surface area contributed by atoms with E-state index < -0.39 is 41.6 Å². The Morgan fingerprint density at radius 3 is 2.49 bits per heavy atom. The average molecular weight is 637 g/mol. The summed E-state index contributed by atoms with van der Waals surface area (Å²) in [5, 5.41) is 7.01. The summed E-state index contributed by atoms with van der Waals surface area (Å²) in [6, 6.07) is 9.06. The highest BCUT2D eigenvalue weighted by molar-refractivity contribution is 6.10. The van der Waals surface area contributed by atoms with Crippen LogP contribution in [0.15, 0.2) is 42.7 Å². The molecule has 0 saturated carbocycles. The minimum absolute atomic E-state index is 0.0180. The lowest BCUT2D eigenvalue weighted by Crippen LogP contribution is -2.53. The minimum atomic E-state index is -4.69. The van der Waals surface area contributed by atoms with Gasteiger partial charge in [-0.15, -0.1) is 10.2 Å². The normalized spacial score (nSPS) is 21.4.